The van der Waals surface area contributed by atoms with E-state index in [2.05, 4.69) is 51.3 Å². The minimum Gasteiger partial charge on any atom is -0.372 e. The van der Waals surface area contributed by atoms with Gasteiger partial charge in [0.1, 0.15) is 0 Å². The summed E-state index contributed by atoms with van der Waals surface area (Å²) in [5.74, 6) is 0.766. The summed E-state index contributed by atoms with van der Waals surface area (Å²) in [5, 5.41) is 0. The predicted molar refractivity (Wildman–Crippen MR) is 86.2 cm³/mol. The van der Waals surface area contributed by atoms with Crippen molar-refractivity contribution in [1.29, 1.82) is 0 Å². The molecule has 0 aromatic rings. The second kappa shape index (κ2) is 8.24. The minimum atomic E-state index is 0.766. The molecule has 108 valence electrons. The average Bonchev–Trinajstić information content (AvgIpc) is 2.39. The Morgan fingerprint density at radius 1 is 1.47 bits per heavy atom. The first-order valence-electron chi connectivity index (χ1n) is 7.77. The molecule has 0 fully saturated rings. The predicted octanol–water partition coefficient (Wildman–Crippen LogP) is 5.31. The fourth-order valence-corrected chi connectivity index (χ4v) is 2.59. The number of unbranched alkanes of at least 4 members (excludes halogenated alkanes) is 1. The molecular weight excluding hydrogens is 230 g/mol. The maximum absolute atomic E-state index is 4.10. The maximum atomic E-state index is 4.10. The molecule has 0 saturated heterocycles. The van der Waals surface area contributed by atoms with Crippen molar-refractivity contribution in [3.63, 3.8) is 0 Å². The zero-order chi connectivity index (χ0) is 14.3. The van der Waals surface area contributed by atoms with Crippen LogP contribution in [-0.4, -0.2) is 18.0 Å². The van der Waals surface area contributed by atoms with Gasteiger partial charge in [-0.3, -0.25) is 0 Å². The molecule has 0 aromatic heterocycles. The first-order chi connectivity index (χ1) is 9.04. The van der Waals surface area contributed by atoms with Crippen molar-refractivity contribution < 1.29 is 0 Å². The van der Waals surface area contributed by atoms with E-state index in [-0.39, 0.29) is 0 Å². The van der Waals surface area contributed by atoms with Crippen LogP contribution in [0.2, 0.25) is 0 Å². The van der Waals surface area contributed by atoms with E-state index in [9.17, 15) is 0 Å². The lowest BCUT2D eigenvalue weighted by Gasteiger charge is -2.25. The first kappa shape index (κ1) is 16.1. The third-order valence-electron chi connectivity index (χ3n) is 4.24. The fourth-order valence-electron chi connectivity index (χ4n) is 2.59. The molecule has 0 bridgehead atoms. The quantitative estimate of drug-likeness (QED) is 0.561. The van der Waals surface area contributed by atoms with Gasteiger partial charge in [0.25, 0.3) is 0 Å². The summed E-state index contributed by atoms with van der Waals surface area (Å²) in [4.78, 5) is 2.40. The molecule has 0 aromatic carbocycles. The molecule has 0 amide bonds. The topological polar surface area (TPSA) is 3.24 Å². The molecular formula is C18H31N. The van der Waals surface area contributed by atoms with Crippen molar-refractivity contribution >= 4 is 0 Å². The molecule has 0 N–H and O–H groups in total. The van der Waals surface area contributed by atoms with Crippen molar-refractivity contribution in [2.45, 2.75) is 59.8 Å². The maximum Gasteiger partial charge on any atom is 0.0358 e. The normalized spacial score (nSPS) is 20.1. The Morgan fingerprint density at radius 2 is 2.21 bits per heavy atom. The molecule has 0 radical (unpaired) electrons. The first-order valence-corrected chi connectivity index (χ1v) is 7.77. The van der Waals surface area contributed by atoms with Crippen molar-refractivity contribution in [3.05, 3.63) is 35.6 Å². The second-order valence-corrected chi connectivity index (χ2v) is 6.00. The van der Waals surface area contributed by atoms with Gasteiger partial charge in [0.05, 0.1) is 0 Å². The van der Waals surface area contributed by atoms with Gasteiger partial charge in [0, 0.05) is 18.8 Å². The molecule has 0 saturated carbocycles. The van der Waals surface area contributed by atoms with Gasteiger partial charge in [0.2, 0.25) is 0 Å². The van der Waals surface area contributed by atoms with Gasteiger partial charge in [-0.15, -0.1) is 0 Å². The Kier molecular flexibility index (Phi) is 6.97. The van der Waals surface area contributed by atoms with Crippen molar-refractivity contribution in [1.82, 2.24) is 4.90 Å². The minimum absolute atomic E-state index is 0.766. The van der Waals surface area contributed by atoms with Gasteiger partial charge >= 0.3 is 0 Å². The third kappa shape index (κ3) is 5.67. The van der Waals surface area contributed by atoms with Crippen LogP contribution in [0.25, 0.3) is 0 Å². The number of allylic oxidation sites excluding steroid dienone is 4. The van der Waals surface area contributed by atoms with E-state index in [1.165, 1.54) is 37.8 Å². The van der Waals surface area contributed by atoms with Crippen LogP contribution in [0.3, 0.4) is 0 Å². The average molecular weight is 261 g/mol. The van der Waals surface area contributed by atoms with Crippen molar-refractivity contribution in [3.8, 4) is 0 Å². The van der Waals surface area contributed by atoms with Gasteiger partial charge in [0.15, 0.2) is 0 Å². The van der Waals surface area contributed by atoms with Gasteiger partial charge in [-0.1, -0.05) is 43.2 Å². The summed E-state index contributed by atoms with van der Waals surface area (Å²) >= 11 is 0. The summed E-state index contributed by atoms with van der Waals surface area (Å²) < 4.78 is 0. The van der Waals surface area contributed by atoms with Crippen LogP contribution in [0.4, 0.5) is 0 Å². The van der Waals surface area contributed by atoms with E-state index in [1.807, 2.05) is 0 Å². The molecule has 1 rings (SSSR count). The largest absolute Gasteiger partial charge is 0.372 e. The second-order valence-electron chi connectivity index (χ2n) is 6.00. The lowest BCUT2D eigenvalue weighted by Crippen LogP contribution is -2.23. The van der Waals surface area contributed by atoms with E-state index in [0.717, 1.165) is 19.0 Å². The van der Waals surface area contributed by atoms with Gasteiger partial charge in [-0.05, 0) is 52.4 Å². The lowest BCUT2D eigenvalue weighted by molar-refractivity contribution is 0.371. The summed E-state index contributed by atoms with van der Waals surface area (Å²) in [6, 6.07) is 0. The fraction of sp³-hybridized carbons (Fsp3) is 0.667. The smallest absolute Gasteiger partial charge is 0.0358 e. The van der Waals surface area contributed by atoms with E-state index < -0.39 is 0 Å². The molecule has 1 unspecified atom stereocenters. The van der Waals surface area contributed by atoms with Crippen LogP contribution in [0, 0.1) is 5.92 Å². The highest BCUT2D eigenvalue weighted by Crippen LogP contribution is 2.28. The van der Waals surface area contributed by atoms with Crippen molar-refractivity contribution in [2.24, 2.45) is 5.92 Å². The summed E-state index contributed by atoms with van der Waals surface area (Å²) in [6.45, 7) is 15.2. The number of hydrogen-bond acceptors (Lipinski definition) is 1. The highest BCUT2D eigenvalue weighted by atomic mass is 15.1. The van der Waals surface area contributed by atoms with Crippen molar-refractivity contribution in [2.75, 3.05) is 13.1 Å². The summed E-state index contributed by atoms with van der Waals surface area (Å²) in [5.41, 5.74) is 4.32. The molecule has 1 aliphatic rings. The number of nitrogens with zero attached hydrogens (tertiary/aromatic N) is 1. The van der Waals surface area contributed by atoms with Gasteiger partial charge in [-0.25, -0.2) is 0 Å². The lowest BCUT2D eigenvalue weighted by atomic mass is 9.85. The molecule has 19 heavy (non-hydrogen) atoms. The van der Waals surface area contributed by atoms with Crippen LogP contribution in [0.1, 0.15) is 59.8 Å². The third-order valence-corrected chi connectivity index (χ3v) is 4.24. The molecule has 1 nitrogen and oxygen atoms in total. The standard InChI is InChI=1S/C18H31N/c1-6-7-13-19(15(2)3)14-12-17(5)18-10-8-16(4)9-11-18/h8,12,18H,2,6-7,9-11,13-14H2,1,3-5H3/b17-12-. The van der Waals surface area contributed by atoms with Crippen LogP contribution in [-0.2, 0) is 0 Å². The van der Waals surface area contributed by atoms with E-state index >= 15 is 0 Å². The monoisotopic (exact) mass is 261 g/mol. The molecule has 1 aliphatic carbocycles. The SMILES string of the molecule is C=C(C)N(C/C=C(/C)C1CC=C(C)CC1)CCCC. The molecule has 0 spiro atoms. The zero-order valence-corrected chi connectivity index (χ0v) is 13.3. The zero-order valence-electron chi connectivity index (χ0n) is 13.3. The Morgan fingerprint density at radius 3 is 2.74 bits per heavy atom. The molecule has 1 atom stereocenters. The highest BCUT2D eigenvalue weighted by Gasteiger charge is 2.14. The van der Waals surface area contributed by atoms with Gasteiger partial charge < -0.3 is 4.90 Å². The number of rotatable bonds is 7. The summed E-state index contributed by atoms with van der Waals surface area (Å²) in [7, 11) is 0. The highest BCUT2D eigenvalue weighted by molar-refractivity contribution is 5.13. The van der Waals surface area contributed by atoms with Gasteiger partial charge in [-0.2, -0.15) is 0 Å². The number of hydrogen-bond donors (Lipinski definition) is 0. The van der Waals surface area contributed by atoms with E-state index in [1.54, 1.807) is 11.1 Å². The Bertz CT molecular complexity index is 349. The van der Waals surface area contributed by atoms with Crippen LogP contribution in [0.5, 0.6) is 0 Å². The Labute approximate surface area is 120 Å². The Balaban J connectivity index is 2.50. The molecule has 0 heterocycles. The van der Waals surface area contributed by atoms with E-state index in [4.69, 9.17) is 0 Å². The molecule has 0 aliphatic heterocycles. The molecule has 1 heteroatoms. The Hall–Kier alpha value is -0.980. The summed E-state index contributed by atoms with van der Waals surface area (Å²) in [6.07, 6.45) is 11.2. The van der Waals surface area contributed by atoms with Crippen LogP contribution in [0.15, 0.2) is 35.6 Å². The van der Waals surface area contributed by atoms with Crippen LogP contribution < -0.4 is 0 Å². The van der Waals surface area contributed by atoms with E-state index in [0.29, 0.717) is 0 Å². The van der Waals surface area contributed by atoms with Crippen LogP contribution >= 0.6 is 0 Å².